The van der Waals surface area contributed by atoms with Crippen molar-refractivity contribution >= 4 is 52.2 Å². The number of carbonyl (C=O) groups excluding carboxylic acids is 2. The van der Waals surface area contributed by atoms with Gasteiger partial charge in [0.15, 0.2) is 0 Å². The Balaban J connectivity index is 1.31. The van der Waals surface area contributed by atoms with E-state index < -0.39 is 11.2 Å². The summed E-state index contributed by atoms with van der Waals surface area (Å²) in [4.78, 5) is 28.9. The molecule has 10 heteroatoms. The van der Waals surface area contributed by atoms with E-state index in [0.29, 0.717) is 48.1 Å². The number of halogens is 2. The molecule has 2 aromatic carbocycles. The average Bonchev–Trinajstić information content (AvgIpc) is 3.34. The maximum Gasteiger partial charge on any atom is 0.410 e. The third-order valence-corrected chi connectivity index (χ3v) is 9.36. The highest BCUT2D eigenvalue weighted by atomic mass is 35.5. The Labute approximate surface area is 289 Å². The molecule has 1 amide bonds. The number of hydrogen-bond acceptors (Lipinski definition) is 6. The highest BCUT2D eigenvalue weighted by Crippen LogP contribution is 2.34. The van der Waals surface area contributed by atoms with Gasteiger partial charge in [0.05, 0.1) is 34.3 Å². The summed E-state index contributed by atoms with van der Waals surface area (Å²) < 4.78 is 13.2. The van der Waals surface area contributed by atoms with E-state index in [0.717, 1.165) is 66.5 Å². The van der Waals surface area contributed by atoms with Gasteiger partial charge in [-0.25, -0.2) is 4.79 Å². The molecule has 2 saturated heterocycles. The molecule has 0 atom stereocenters. The fourth-order valence-corrected chi connectivity index (χ4v) is 6.64. The quantitative estimate of drug-likeness (QED) is 0.232. The van der Waals surface area contributed by atoms with Gasteiger partial charge in [-0.2, -0.15) is 5.10 Å². The number of likely N-dealkylation sites (tertiary alicyclic amines) is 2. The maximum atomic E-state index is 12.5. The van der Waals surface area contributed by atoms with Gasteiger partial charge >= 0.3 is 12.1 Å². The minimum Gasteiger partial charge on any atom is -0.459 e. The van der Waals surface area contributed by atoms with Crippen LogP contribution in [0.25, 0.3) is 17.0 Å². The third-order valence-electron chi connectivity index (χ3n) is 8.62. The zero-order valence-electron chi connectivity index (χ0n) is 28.5. The number of allylic oxidation sites excluding steroid dienone is 1. The largest absolute Gasteiger partial charge is 0.459 e. The molecule has 0 radical (unpaired) electrons. The van der Waals surface area contributed by atoms with E-state index in [-0.39, 0.29) is 12.1 Å². The second-order valence-corrected chi connectivity index (χ2v) is 15.7. The van der Waals surface area contributed by atoms with Gasteiger partial charge in [-0.3, -0.25) is 14.4 Å². The first-order chi connectivity index (χ1) is 22.1. The van der Waals surface area contributed by atoms with Gasteiger partial charge in [0.2, 0.25) is 0 Å². The van der Waals surface area contributed by atoms with Crippen LogP contribution in [-0.4, -0.2) is 75.6 Å². The van der Waals surface area contributed by atoms with Crippen molar-refractivity contribution in [2.45, 2.75) is 90.9 Å². The van der Waals surface area contributed by atoms with Crippen LogP contribution in [0.2, 0.25) is 10.0 Å². The number of aromatic nitrogens is 2. The van der Waals surface area contributed by atoms with Crippen LogP contribution in [0.4, 0.5) is 4.79 Å². The van der Waals surface area contributed by atoms with Crippen LogP contribution in [-0.2, 0) is 20.8 Å². The SMILES string of the molecule is CC(C)(C)OC(=O)CN1CCC(c2nn(Cc3ccc(Cl)c(Cl)c3)c3cc(/C=C/C4CCN(C(=O)OC(C)(C)C)CC4)ccc23)CC1. The molecule has 0 unspecified atom stereocenters. The molecule has 2 fully saturated rings. The number of nitrogens with zero attached hydrogens (tertiary/aromatic N) is 4. The molecule has 5 rings (SSSR count). The molecule has 47 heavy (non-hydrogen) atoms. The number of carbonyl (C=O) groups is 2. The summed E-state index contributed by atoms with van der Waals surface area (Å²) in [5.41, 5.74) is 3.34. The lowest BCUT2D eigenvalue weighted by Gasteiger charge is -2.32. The highest BCUT2D eigenvalue weighted by molar-refractivity contribution is 6.42. The zero-order valence-corrected chi connectivity index (χ0v) is 30.0. The van der Waals surface area contributed by atoms with Gasteiger partial charge in [-0.1, -0.05) is 53.6 Å². The van der Waals surface area contributed by atoms with E-state index >= 15 is 0 Å². The number of hydrogen-bond donors (Lipinski definition) is 0. The van der Waals surface area contributed by atoms with Crippen molar-refractivity contribution in [1.82, 2.24) is 19.6 Å². The van der Waals surface area contributed by atoms with Gasteiger partial charge < -0.3 is 14.4 Å². The summed E-state index contributed by atoms with van der Waals surface area (Å²) >= 11 is 12.6. The molecule has 0 saturated carbocycles. The van der Waals surface area contributed by atoms with Crippen LogP contribution in [0.3, 0.4) is 0 Å². The summed E-state index contributed by atoms with van der Waals surface area (Å²) in [7, 11) is 0. The predicted molar refractivity (Wildman–Crippen MR) is 189 cm³/mol. The lowest BCUT2D eigenvalue weighted by atomic mass is 9.91. The average molecular weight is 684 g/mol. The van der Waals surface area contributed by atoms with Crippen LogP contribution in [0.15, 0.2) is 42.5 Å². The summed E-state index contributed by atoms with van der Waals surface area (Å²) in [6.45, 7) is 15.3. The Morgan fingerprint density at radius 2 is 1.55 bits per heavy atom. The molecule has 254 valence electrons. The number of piperidine rings is 2. The predicted octanol–water partition coefficient (Wildman–Crippen LogP) is 8.57. The lowest BCUT2D eigenvalue weighted by molar-refractivity contribution is -0.156. The molecule has 3 aromatic rings. The fourth-order valence-electron chi connectivity index (χ4n) is 6.32. The molecule has 2 aliphatic heterocycles. The van der Waals surface area contributed by atoms with Crippen LogP contribution >= 0.6 is 23.2 Å². The van der Waals surface area contributed by atoms with E-state index in [1.807, 2.05) is 64.6 Å². The van der Waals surface area contributed by atoms with Crippen molar-refractivity contribution < 1.29 is 19.1 Å². The smallest absolute Gasteiger partial charge is 0.410 e. The van der Waals surface area contributed by atoms with Crippen molar-refractivity contribution in [2.24, 2.45) is 5.92 Å². The zero-order chi connectivity index (χ0) is 33.9. The van der Waals surface area contributed by atoms with E-state index in [9.17, 15) is 9.59 Å². The fraction of sp³-hybridized carbons (Fsp3) is 0.541. The summed E-state index contributed by atoms with van der Waals surface area (Å²) in [5, 5.41) is 7.40. The van der Waals surface area contributed by atoms with Gasteiger partial charge in [0.1, 0.15) is 11.2 Å². The van der Waals surface area contributed by atoms with Gasteiger partial charge in [0, 0.05) is 24.4 Å². The molecular formula is C37H48Cl2N4O4. The molecule has 1 aromatic heterocycles. The highest BCUT2D eigenvalue weighted by Gasteiger charge is 2.28. The standard InChI is InChI=1S/C37H48Cl2N4O4/c1-36(2,3)46-33(44)24-41-17-15-28(16-18-41)34-29-11-9-26(8-7-25-13-19-42(20-14-25)35(45)47-37(4,5)6)22-32(29)43(40-34)23-27-10-12-30(38)31(39)21-27/h7-12,21-22,25,28H,13-20,23-24H2,1-6H3/b8-7+. The summed E-state index contributed by atoms with van der Waals surface area (Å²) in [6, 6.07) is 12.3. The number of fused-ring (bicyclic) bond motifs is 1. The van der Waals surface area contributed by atoms with Crippen LogP contribution in [0.5, 0.6) is 0 Å². The van der Waals surface area contributed by atoms with Gasteiger partial charge in [0.25, 0.3) is 0 Å². The molecule has 0 bridgehead atoms. The second-order valence-electron chi connectivity index (χ2n) is 14.9. The Morgan fingerprint density at radius 3 is 2.19 bits per heavy atom. The number of ether oxygens (including phenoxy) is 2. The van der Waals surface area contributed by atoms with Crippen molar-refractivity contribution in [3.8, 4) is 0 Å². The second kappa shape index (κ2) is 14.6. The molecule has 0 N–H and O–H groups in total. The van der Waals surface area contributed by atoms with Crippen LogP contribution in [0, 0.1) is 5.92 Å². The number of benzene rings is 2. The minimum absolute atomic E-state index is 0.179. The van der Waals surface area contributed by atoms with Crippen molar-refractivity contribution in [1.29, 1.82) is 0 Å². The number of esters is 1. The molecular weight excluding hydrogens is 635 g/mol. The van der Waals surface area contributed by atoms with E-state index in [1.165, 1.54) is 0 Å². The third kappa shape index (κ3) is 9.74. The lowest BCUT2D eigenvalue weighted by Crippen LogP contribution is -2.41. The molecule has 2 aliphatic rings. The Hall–Kier alpha value is -3.07. The summed E-state index contributed by atoms with van der Waals surface area (Å²) in [6.07, 6.45) is 7.89. The molecule has 3 heterocycles. The molecule has 0 aliphatic carbocycles. The van der Waals surface area contributed by atoms with Crippen molar-refractivity contribution in [3.63, 3.8) is 0 Å². The maximum absolute atomic E-state index is 12.5. The molecule has 0 spiro atoms. The minimum atomic E-state index is -0.488. The van der Waals surface area contributed by atoms with Gasteiger partial charge in [-0.05, 0) is 116 Å². The number of amides is 1. The molecule has 8 nitrogen and oxygen atoms in total. The van der Waals surface area contributed by atoms with Crippen LogP contribution in [0.1, 0.15) is 90.0 Å². The Bertz CT molecular complexity index is 1600. The summed E-state index contributed by atoms with van der Waals surface area (Å²) in [5.74, 6) is 0.507. The van der Waals surface area contributed by atoms with Crippen LogP contribution < -0.4 is 0 Å². The normalized spacial score (nSPS) is 17.5. The topological polar surface area (TPSA) is 76.9 Å². The first kappa shape index (κ1) is 35.2. The first-order valence-corrected chi connectivity index (χ1v) is 17.4. The van der Waals surface area contributed by atoms with Crippen molar-refractivity contribution in [3.05, 3.63) is 69.3 Å². The Kier molecular flexibility index (Phi) is 10.9. The van der Waals surface area contributed by atoms with Crippen molar-refractivity contribution in [2.75, 3.05) is 32.7 Å². The van der Waals surface area contributed by atoms with E-state index in [1.54, 1.807) is 0 Å². The van der Waals surface area contributed by atoms with Gasteiger partial charge in [-0.15, -0.1) is 0 Å². The van der Waals surface area contributed by atoms with E-state index in [4.69, 9.17) is 37.8 Å². The first-order valence-electron chi connectivity index (χ1n) is 16.7. The monoisotopic (exact) mass is 682 g/mol. The number of rotatable bonds is 7. The van der Waals surface area contributed by atoms with E-state index in [2.05, 4.69) is 39.9 Å². The Morgan fingerprint density at radius 1 is 0.872 bits per heavy atom.